The van der Waals surface area contributed by atoms with Crippen molar-refractivity contribution in [2.24, 2.45) is 0 Å². The number of morpholine rings is 1. The normalized spacial score (nSPS) is 24.0. The lowest BCUT2D eigenvalue weighted by Gasteiger charge is -2.25. The fraction of sp³-hybridized carbons (Fsp3) is 0.786. The SMILES string of the molecule is CCN(CCn1cncc1C1CNCCO1)C1CC1. The number of likely N-dealkylation sites (N-methyl/N-ethyl adjacent to an activating group) is 1. The Bertz CT molecular complexity index is 396. The molecule has 5 nitrogen and oxygen atoms in total. The Morgan fingerprint density at radius 1 is 1.53 bits per heavy atom. The zero-order valence-corrected chi connectivity index (χ0v) is 11.7. The van der Waals surface area contributed by atoms with Gasteiger partial charge in [-0.3, -0.25) is 4.90 Å². The van der Waals surface area contributed by atoms with Crippen molar-refractivity contribution in [3.63, 3.8) is 0 Å². The molecule has 1 atom stereocenters. The molecule has 3 rings (SSSR count). The number of aromatic nitrogens is 2. The Balaban J connectivity index is 1.59. The van der Waals surface area contributed by atoms with E-state index in [0.717, 1.165) is 45.4 Å². The van der Waals surface area contributed by atoms with Crippen LogP contribution in [0.5, 0.6) is 0 Å². The molecule has 0 radical (unpaired) electrons. The molecule has 106 valence electrons. The molecule has 1 aliphatic heterocycles. The van der Waals surface area contributed by atoms with Crippen LogP contribution in [0.1, 0.15) is 31.6 Å². The Kier molecular flexibility index (Phi) is 4.15. The van der Waals surface area contributed by atoms with E-state index in [1.165, 1.54) is 18.5 Å². The maximum absolute atomic E-state index is 5.82. The fourth-order valence-electron chi connectivity index (χ4n) is 2.82. The van der Waals surface area contributed by atoms with E-state index in [0.29, 0.717) is 0 Å². The summed E-state index contributed by atoms with van der Waals surface area (Å²) in [5.74, 6) is 0. The summed E-state index contributed by atoms with van der Waals surface area (Å²) in [4.78, 5) is 6.87. The Labute approximate surface area is 114 Å². The smallest absolute Gasteiger partial charge is 0.111 e. The average molecular weight is 264 g/mol. The highest BCUT2D eigenvalue weighted by Crippen LogP contribution is 2.26. The Morgan fingerprint density at radius 2 is 2.42 bits per heavy atom. The molecule has 2 fully saturated rings. The molecule has 0 bridgehead atoms. The van der Waals surface area contributed by atoms with Crippen molar-refractivity contribution in [2.45, 2.75) is 38.5 Å². The first kappa shape index (κ1) is 13.1. The topological polar surface area (TPSA) is 42.3 Å². The molecule has 0 amide bonds. The lowest BCUT2D eigenvalue weighted by molar-refractivity contribution is 0.0225. The first-order chi connectivity index (χ1) is 9.38. The molecule has 2 aliphatic rings. The zero-order valence-electron chi connectivity index (χ0n) is 11.7. The van der Waals surface area contributed by atoms with Gasteiger partial charge in [-0.25, -0.2) is 4.98 Å². The number of hydrogen-bond acceptors (Lipinski definition) is 4. The van der Waals surface area contributed by atoms with Crippen LogP contribution in [-0.2, 0) is 11.3 Å². The van der Waals surface area contributed by atoms with Crippen molar-refractivity contribution < 1.29 is 4.74 Å². The van der Waals surface area contributed by atoms with E-state index >= 15 is 0 Å². The predicted octanol–water partition coefficient (Wildman–Crippen LogP) is 1.03. The van der Waals surface area contributed by atoms with Gasteiger partial charge in [0, 0.05) is 32.2 Å². The summed E-state index contributed by atoms with van der Waals surface area (Å²) >= 11 is 0. The molecule has 1 saturated heterocycles. The largest absolute Gasteiger partial charge is 0.369 e. The maximum Gasteiger partial charge on any atom is 0.111 e. The van der Waals surface area contributed by atoms with Crippen LogP contribution in [0.4, 0.5) is 0 Å². The Morgan fingerprint density at radius 3 is 3.11 bits per heavy atom. The number of imidazole rings is 1. The first-order valence-electron chi connectivity index (χ1n) is 7.45. The van der Waals surface area contributed by atoms with Crippen molar-refractivity contribution in [1.29, 1.82) is 0 Å². The number of nitrogens with one attached hydrogen (secondary N) is 1. The molecule has 1 aromatic rings. The minimum atomic E-state index is 0.159. The molecular formula is C14H24N4O. The third kappa shape index (κ3) is 3.16. The third-order valence-electron chi connectivity index (χ3n) is 4.10. The summed E-state index contributed by atoms with van der Waals surface area (Å²) < 4.78 is 8.07. The molecule has 1 aromatic heterocycles. The van der Waals surface area contributed by atoms with Crippen LogP contribution >= 0.6 is 0 Å². The first-order valence-corrected chi connectivity index (χ1v) is 7.45. The van der Waals surface area contributed by atoms with E-state index in [2.05, 4.69) is 26.7 Å². The predicted molar refractivity (Wildman–Crippen MR) is 74.1 cm³/mol. The number of nitrogens with zero attached hydrogens (tertiary/aromatic N) is 3. The van der Waals surface area contributed by atoms with E-state index in [4.69, 9.17) is 4.74 Å². The summed E-state index contributed by atoms with van der Waals surface area (Å²) in [5.41, 5.74) is 1.21. The van der Waals surface area contributed by atoms with Gasteiger partial charge < -0.3 is 14.6 Å². The van der Waals surface area contributed by atoms with Crippen LogP contribution in [0, 0.1) is 0 Å². The molecule has 1 saturated carbocycles. The van der Waals surface area contributed by atoms with Gasteiger partial charge in [-0.1, -0.05) is 6.92 Å². The van der Waals surface area contributed by atoms with Crippen molar-refractivity contribution in [1.82, 2.24) is 19.8 Å². The fourth-order valence-corrected chi connectivity index (χ4v) is 2.82. The van der Waals surface area contributed by atoms with Gasteiger partial charge in [-0.05, 0) is 19.4 Å². The van der Waals surface area contributed by atoms with Crippen molar-refractivity contribution in [3.05, 3.63) is 18.2 Å². The molecule has 1 N–H and O–H groups in total. The molecule has 0 spiro atoms. The molecule has 1 unspecified atom stereocenters. The van der Waals surface area contributed by atoms with E-state index < -0.39 is 0 Å². The second kappa shape index (κ2) is 6.03. The lowest BCUT2D eigenvalue weighted by Crippen LogP contribution is -2.35. The summed E-state index contributed by atoms with van der Waals surface area (Å²) in [6.07, 6.45) is 6.80. The van der Waals surface area contributed by atoms with E-state index in [-0.39, 0.29) is 6.10 Å². The van der Waals surface area contributed by atoms with Crippen LogP contribution in [-0.4, -0.2) is 53.3 Å². The Hall–Kier alpha value is -0.910. The van der Waals surface area contributed by atoms with Crippen LogP contribution < -0.4 is 5.32 Å². The van der Waals surface area contributed by atoms with Gasteiger partial charge >= 0.3 is 0 Å². The van der Waals surface area contributed by atoms with Gasteiger partial charge in [0.25, 0.3) is 0 Å². The van der Waals surface area contributed by atoms with Crippen molar-refractivity contribution in [2.75, 3.05) is 32.8 Å². The van der Waals surface area contributed by atoms with Gasteiger partial charge in [0.2, 0.25) is 0 Å². The molecular weight excluding hydrogens is 240 g/mol. The van der Waals surface area contributed by atoms with Gasteiger partial charge in [0.05, 0.1) is 24.8 Å². The molecule has 2 heterocycles. The second-order valence-corrected chi connectivity index (χ2v) is 5.44. The number of hydrogen-bond donors (Lipinski definition) is 1. The number of rotatable bonds is 6. The lowest BCUT2D eigenvalue weighted by atomic mass is 10.2. The number of ether oxygens (including phenoxy) is 1. The summed E-state index contributed by atoms with van der Waals surface area (Å²) in [5, 5.41) is 3.38. The minimum Gasteiger partial charge on any atom is -0.369 e. The highest BCUT2D eigenvalue weighted by atomic mass is 16.5. The van der Waals surface area contributed by atoms with Gasteiger partial charge in [0.15, 0.2) is 0 Å². The summed E-state index contributed by atoms with van der Waals surface area (Å²) in [7, 11) is 0. The highest BCUT2D eigenvalue weighted by Gasteiger charge is 2.27. The van der Waals surface area contributed by atoms with Crippen molar-refractivity contribution in [3.8, 4) is 0 Å². The third-order valence-corrected chi connectivity index (χ3v) is 4.10. The van der Waals surface area contributed by atoms with Crippen LogP contribution in [0.2, 0.25) is 0 Å². The second-order valence-electron chi connectivity index (χ2n) is 5.44. The van der Waals surface area contributed by atoms with Crippen LogP contribution in [0.15, 0.2) is 12.5 Å². The quantitative estimate of drug-likeness (QED) is 0.833. The van der Waals surface area contributed by atoms with E-state index in [9.17, 15) is 0 Å². The van der Waals surface area contributed by atoms with Gasteiger partial charge in [0.1, 0.15) is 6.10 Å². The molecule has 19 heavy (non-hydrogen) atoms. The van der Waals surface area contributed by atoms with Crippen LogP contribution in [0.25, 0.3) is 0 Å². The van der Waals surface area contributed by atoms with Crippen LogP contribution in [0.3, 0.4) is 0 Å². The van der Waals surface area contributed by atoms with E-state index in [1.54, 1.807) is 0 Å². The highest BCUT2D eigenvalue weighted by molar-refractivity contribution is 5.05. The van der Waals surface area contributed by atoms with Crippen molar-refractivity contribution >= 4 is 0 Å². The molecule has 0 aromatic carbocycles. The molecule has 5 heteroatoms. The standard InChI is InChI=1S/C14H24N4O/c1-2-17(12-3-4-12)6-7-18-11-16-9-13(18)14-10-15-5-8-19-14/h9,11-12,14-15H,2-8,10H2,1H3. The zero-order chi connectivity index (χ0) is 13.1. The maximum atomic E-state index is 5.82. The van der Waals surface area contributed by atoms with Gasteiger partial charge in [-0.15, -0.1) is 0 Å². The monoisotopic (exact) mass is 264 g/mol. The summed E-state index contributed by atoms with van der Waals surface area (Å²) in [6.45, 7) is 8.17. The van der Waals surface area contributed by atoms with Gasteiger partial charge in [-0.2, -0.15) is 0 Å². The average Bonchev–Trinajstić information content (AvgIpc) is 3.18. The summed E-state index contributed by atoms with van der Waals surface area (Å²) in [6, 6.07) is 0.838. The molecule has 1 aliphatic carbocycles. The minimum absolute atomic E-state index is 0.159. The van der Waals surface area contributed by atoms with E-state index in [1.807, 2.05) is 12.5 Å².